The Labute approximate surface area is 333 Å². The standard InChI is InChI=1S/C42H62O15/c1-37(2)16-19(54-35-31(27(46)26(45)30(56-35)33(50)51)57-34-28(47)24(43)25(44)29(55-34)32(48)49)17-40(5)22(37)10-11-42(7)23(40)9-8-20-21-18-39(4,36(52)53)13-12-38(21,3)14-15-41(20,42)6/h8-9,19,22-31,34-35,43-47H,10-18H2,1-7H3,(H,48,49)(H,50,51)(H,52,53). The minimum absolute atomic E-state index is 0.0556. The van der Waals surface area contributed by atoms with Gasteiger partial charge in [-0.1, -0.05) is 59.3 Å². The van der Waals surface area contributed by atoms with Crippen LogP contribution in [0.15, 0.2) is 23.3 Å². The van der Waals surface area contributed by atoms with E-state index in [2.05, 4.69) is 53.7 Å². The number of hydrogen-bond acceptors (Lipinski definition) is 12. The summed E-state index contributed by atoms with van der Waals surface area (Å²) >= 11 is 0. The lowest BCUT2D eigenvalue weighted by Crippen LogP contribution is -2.66. The van der Waals surface area contributed by atoms with Crippen LogP contribution < -0.4 is 0 Å². The third-order valence-corrected chi connectivity index (χ3v) is 16.6. The van der Waals surface area contributed by atoms with Crippen molar-refractivity contribution in [1.29, 1.82) is 0 Å². The molecular formula is C42H62O15. The van der Waals surface area contributed by atoms with Gasteiger partial charge >= 0.3 is 17.9 Å². The van der Waals surface area contributed by atoms with E-state index in [1.165, 1.54) is 11.1 Å². The molecule has 0 radical (unpaired) electrons. The molecule has 7 aliphatic rings. The van der Waals surface area contributed by atoms with Crippen LogP contribution in [-0.4, -0.2) is 126 Å². The summed E-state index contributed by atoms with van der Waals surface area (Å²) in [7, 11) is 0. The van der Waals surface area contributed by atoms with Crippen LogP contribution in [0, 0.1) is 44.3 Å². The molecule has 8 N–H and O–H groups in total. The molecule has 15 heteroatoms. The van der Waals surface area contributed by atoms with Gasteiger partial charge in [0.1, 0.15) is 36.6 Å². The zero-order valence-electron chi connectivity index (χ0n) is 34.0. The Morgan fingerprint density at radius 1 is 0.702 bits per heavy atom. The maximum Gasteiger partial charge on any atom is 0.335 e. The number of allylic oxidation sites excluding steroid dienone is 4. The Balaban J connectivity index is 1.22. The smallest absolute Gasteiger partial charge is 0.335 e. The maximum atomic E-state index is 12.5. The van der Waals surface area contributed by atoms with E-state index in [0.717, 1.165) is 32.1 Å². The second-order valence-corrected chi connectivity index (χ2v) is 20.4. The Bertz CT molecular complexity index is 1710. The van der Waals surface area contributed by atoms with Gasteiger partial charge in [0.15, 0.2) is 24.8 Å². The lowest BCUT2D eigenvalue weighted by molar-refractivity contribution is -0.368. The summed E-state index contributed by atoms with van der Waals surface area (Å²) in [4.78, 5) is 36.6. The number of ether oxygens (including phenoxy) is 4. The van der Waals surface area contributed by atoms with Crippen molar-refractivity contribution < 1.29 is 74.2 Å². The SMILES string of the molecule is CC1(C(=O)O)CCC2(C)CCC3(C)C(=C2C1)C=CC1C2(C)CC(OC4OC(C(=O)O)C(O)C(O)C4OC4OC(C(=O)O)C(O)C(O)C4O)CC(C)(C)C2CCC13C. The zero-order valence-corrected chi connectivity index (χ0v) is 34.0. The van der Waals surface area contributed by atoms with Gasteiger partial charge in [-0.05, 0) is 109 Å². The Morgan fingerprint density at radius 3 is 1.91 bits per heavy atom. The number of carboxylic acid groups (broad SMARTS) is 3. The molecule has 2 aliphatic heterocycles. The van der Waals surface area contributed by atoms with Crippen LogP contribution in [0.5, 0.6) is 0 Å². The normalized spacial score (nSPS) is 51.8. The molecule has 0 aromatic rings. The Hall–Kier alpha value is -2.47. The summed E-state index contributed by atoms with van der Waals surface area (Å²) in [6.45, 7) is 15.6. The van der Waals surface area contributed by atoms with Crippen molar-refractivity contribution in [3.8, 4) is 0 Å². The predicted molar refractivity (Wildman–Crippen MR) is 199 cm³/mol. The van der Waals surface area contributed by atoms with Crippen molar-refractivity contribution in [2.24, 2.45) is 44.3 Å². The quantitative estimate of drug-likeness (QED) is 0.172. The molecule has 2 heterocycles. The van der Waals surface area contributed by atoms with Crippen molar-refractivity contribution in [1.82, 2.24) is 0 Å². The molecule has 0 bridgehead atoms. The van der Waals surface area contributed by atoms with Crippen LogP contribution in [-0.2, 0) is 33.3 Å². The second kappa shape index (κ2) is 14.1. The van der Waals surface area contributed by atoms with Gasteiger partial charge in [0.05, 0.1) is 11.5 Å². The van der Waals surface area contributed by atoms with E-state index in [-0.39, 0.29) is 38.9 Å². The van der Waals surface area contributed by atoms with Gasteiger partial charge < -0.3 is 59.8 Å². The summed E-state index contributed by atoms with van der Waals surface area (Å²) in [6, 6.07) is 0. The Kier molecular flexibility index (Phi) is 10.5. The monoisotopic (exact) mass is 806 g/mol. The molecule has 320 valence electrons. The number of rotatable bonds is 7. The molecule has 0 spiro atoms. The fourth-order valence-electron chi connectivity index (χ4n) is 13.0. The molecule has 18 atom stereocenters. The molecule has 2 saturated heterocycles. The zero-order chi connectivity index (χ0) is 42.0. The highest BCUT2D eigenvalue weighted by atomic mass is 16.8. The van der Waals surface area contributed by atoms with Gasteiger partial charge in [-0.15, -0.1) is 0 Å². The van der Waals surface area contributed by atoms with Crippen LogP contribution >= 0.6 is 0 Å². The van der Waals surface area contributed by atoms with E-state index in [1.807, 2.05) is 6.92 Å². The summed E-state index contributed by atoms with van der Waals surface area (Å²) in [5.41, 5.74) is 0.607. The van der Waals surface area contributed by atoms with Crippen molar-refractivity contribution in [3.05, 3.63) is 23.3 Å². The molecular weight excluding hydrogens is 744 g/mol. The van der Waals surface area contributed by atoms with Crippen LogP contribution in [0.4, 0.5) is 0 Å². The molecule has 0 aromatic heterocycles. The number of carboxylic acids is 3. The number of aliphatic hydroxyl groups is 5. The molecule has 18 unspecified atom stereocenters. The summed E-state index contributed by atoms with van der Waals surface area (Å²) in [5, 5.41) is 83.3. The largest absolute Gasteiger partial charge is 0.481 e. The molecule has 3 saturated carbocycles. The third kappa shape index (κ3) is 6.44. The van der Waals surface area contributed by atoms with Gasteiger partial charge in [-0.2, -0.15) is 0 Å². The van der Waals surface area contributed by atoms with Crippen LogP contribution in [0.3, 0.4) is 0 Å². The summed E-state index contributed by atoms with van der Waals surface area (Å²) in [5.74, 6) is -3.64. The van der Waals surface area contributed by atoms with E-state index in [4.69, 9.17) is 18.9 Å². The summed E-state index contributed by atoms with van der Waals surface area (Å²) in [6.07, 6.45) is -8.28. The first-order valence-corrected chi connectivity index (χ1v) is 20.5. The van der Waals surface area contributed by atoms with Crippen molar-refractivity contribution in [3.63, 3.8) is 0 Å². The van der Waals surface area contributed by atoms with E-state index < -0.39 is 90.8 Å². The van der Waals surface area contributed by atoms with E-state index in [9.17, 15) is 55.2 Å². The lowest BCUT2D eigenvalue weighted by atomic mass is 9.35. The fourth-order valence-corrected chi connectivity index (χ4v) is 13.0. The van der Waals surface area contributed by atoms with Crippen LogP contribution in [0.1, 0.15) is 106 Å². The van der Waals surface area contributed by atoms with E-state index in [1.54, 1.807) is 0 Å². The molecule has 0 amide bonds. The molecule has 57 heavy (non-hydrogen) atoms. The number of carbonyl (C=O) groups is 3. The van der Waals surface area contributed by atoms with Gasteiger partial charge in [0, 0.05) is 0 Å². The summed E-state index contributed by atoms with van der Waals surface area (Å²) < 4.78 is 23.6. The first-order valence-electron chi connectivity index (χ1n) is 20.5. The van der Waals surface area contributed by atoms with Crippen LogP contribution in [0.25, 0.3) is 0 Å². The first kappa shape index (κ1) is 42.6. The minimum atomic E-state index is -2.02. The highest BCUT2D eigenvalue weighted by Gasteiger charge is 2.67. The maximum absolute atomic E-state index is 12.5. The second-order valence-electron chi connectivity index (χ2n) is 20.4. The highest BCUT2D eigenvalue weighted by Crippen LogP contribution is 2.74. The number of fused-ring (bicyclic) bond motifs is 6. The molecule has 15 nitrogen and oxygen atoms in total. The third-order valence-electron chi connectivity index (χ3n) is 16.6. The van der Waals surface area contributed by atoms with Crippen molar-refractivity contribution in [2.75, 3.05) is 0 Å². The lowest BCUT2D eigenvalue weighted by Gasteiger charge is -2.69. The van der Waals surface area contributed by atoms with Gasteiger partial charge in [-0.25, -0.2) is 9.59 Å². The minimum Gasteiger partial charge on any atom is -0.481 e. The highest BCUT2D eigenvalue weighted by molar-refractivity contribution is 5.75. The fraction of sp³-hybridized carbons (Fsp3) is 0.833. The van der Waals surface area contributed by atoms with Gasteiger partial charge in [0.2, 0.25) is 0 Å². The molecule has 5 fully saturated rings. The number of hydrogen-bond donors (Lipinski definition) is 8. The predicted octanol–water partition coefficient (Wildman–Crippen LogP) is 2.99. The van der Waals surface area contributed by atoms with Gasteiger partial charge in [-0.3, -0.25) is 4.79 Å². The van der Waals surface area contributed by atoms with Crippen LogP contribution in [0.2, 0.25) is 0 Å². The topological polar surface area (TPSA) is 250 Å². The first-order chi connectivity index (χ1) is 26.3. The van der Waals surface area contributed by atoms with E-state index >= 15 is 0 Å². The molecule has 5 aliphatic carbocycles. The number of aliphatic carboxylic acids is 3. The molecule has 0 aromatic carbocycles. The molecule has 7 rings (SSSR count). The van der Waals surface area contributed by atoms with Crippen molar-refractivity contribution in [2.45, 2.75) is 174 Å². The average molecular weight is 807 g/mol. The van der Waals surface area contributed by atoms with Crippen molar-refractivity contribution >= 4 is 17.9 Å². The van der Waals surface area contributed by atoms with E-state index in [0.29, 0.717) is 25.7 Å². The Morgan fingerprint density at radius 2 is 1.30 bits per heavy atom. The number of aliphatic hydroxyl groups excluding tert-OH is 5. The average Bonchev–Trinajstić information content (AvgIpc) is 3.11. The van der Waals surface area contributed by atoms with Gasteiger partial charge in [0.25, 0.3) is 0 Å².